The number of fused-ring (bicyclic) bond motifs is 2. The molecule has 1 amide bonds. The normalized spacial score (nSPS) is 13.5. The SMILES string of the molecule is C=C(N=[N+]=[N-])C1(CCCc2cc3nccc(Oc4ccc5c(C(=O)NC)cccc5c4)c3cc2OC)CC1. The van der Waals surface area contributed by atoms with Crippen molar-refractivity contribution >= 4 is 27.6 Å². The Kier molecular flexibility index (Phi) is 6.90. The Bertz CT molecular complexity index is 1600. The van der Waals surface area contributed by atoms with Crippen LogP contribution in [0.2, 0.25) is 0 Å². The first-order valence-corrected chi connectivity index (χ1v) is 12.6. The van der Waals surface area contributed by atoms with Crippen molar-refractivity contribution in [3.63, 3.8) is 0 Å². The largest absolute Gasteiger partial charge is 0.496 e. The van der Waals surface area contributed by atoms with Crippen molar-refractivity contribution in [2.75, 3.05) is 14.2 Å². The molecule has 0 aliphatic heterocycles. The van der Waals surface area contributed by atoms with Gasteiger partial charge in [-0.05, 0) is 102 Å². The van der Waals surface area contributed by atoms with Gasteiger partial charge in [0.05, 0.1) is 12.6 Å². The standard InChI is InChI=1S/C30H29N5O3/c1-19(34-35-31)30(13-14-30)12-5-7-21-17-26-25(18-28(21)37-3)27(11-15-33-26)38-22-9-10-23-20(16-22)6-4-8-24(23)29(36)32-2/h4,6,8-11,15-18H,1,5,7,12-14H2,2-3H3,(H,32,36). The molecule has 0 radical (unpaired) electrons. The van der Waals surface area contributed by atoms with Gasteiger partial charge in [-0.15, -0.1) is 0 Å². The van der Waals surface area contributed by atoms with Crippen molar-refractivity contribution < 1.29 is 14.3 Å². The van der Waals surface area contributed by atoms with Crippen LogP contribution < -0.4 is 14.8 Å². The number of hydrogen-bond acceptors (Lipinski definition) is 5. The Labute approximate surface area is 220 Å². The molecule has 8 heteroatoms. The first-order chi connectivity index (χ1) is 18.5. The summed E-state index contributed by atoms with van der Waals surface area (Å²) in [6.07, 6.45) is 6.43. The van der Waals surface area contributed by atoms with Gasteiger partial charge in [-0.1, -0.05) is 23.8 Å². The number of methoxy groups -OCH3 is 1. The van der Waals surface area contributed by atoms with Crippen molar-refractivity contribution in [1.29, 1.82) is 0 Å². The molecule has 1 aromatic heterocycles. The van der Waals surface area contributed by atoms with Gasteiger partial charge in [-0.25, -0.2) is 0 Å². The number of pyridine rings is 1. The summed E-state index contributed by atoms with van der Waals surface area (Å²) >= 11 is 0. The van der Waals surface area contributed by atoms with Gasteiger partial charge < -0.3 is 14.8 Å². The topological polar surface area (TPSA) is 109 Å². The van der Waals surface area contributed by atoms with Crippen molar-refractivity contribution in [2.24, 2.45) is 10.5 Å². The Morgan fingerprint density at radius 1 is 1.16 bits per heavy atom. The van der Waals surface area contributed by atoms with E-state index in [0.717, 1.165) is 65.1 Å². The summed E-state index contributed by atoms with van der Waals surface area (Å²) in [4.78, 5) is 19.7. The van der Waals surface area contributed by atoms with Gasteiger partial charge >= 0.3 is 0 Å². The zero-order valence-electron chi connectivity index (χ0n) is 21.5. The van der Waals surface area contributed by atoms with Crippen molar-refractivity contribution in [2.45, 2.75) is 32.1 Å². The lowest BCUT2D eigenvalue weighted by Gasteiger charge is -2.16. The molecule has 0 saturated heterocycles. The first-order valence-electron chi connectivity index (χ1n) is 12.6. The number of nitrogens with zero attached hydrogens (tertiary/aromatic N) is 4. The number of carbonyl (C=O) groups is 1. The van der Waals surface area contributed by atoms with Crippen LogP contribution in [0.4, 0.5) is 0 Å². The summed E-state index contributed by atoms with van der Waals surface area (Å²) in [7, 11) is 3.29. The van der Waals surface area contributed by atoms with Gasteiger partial charge in [-0.2, -0.15) is 0 Å². The summed E-state index contributed by atoms with van der Waals surface area (Å²) in [6.45, 7) is 3.97. The van der Waals surface area contributed by atoms with Crippen LogP contribution >= 0.6 is 0 Å². The maximum atomic E-state index is 12.2. The van der Waals surface area contributed by atoms with E-state index in [1.54, 1.807) is 20.4 Å². The fourth-order valence-corrected chi connectivity index (χ4v) is 5.06. The number of amides is 1. The van der Waals surface area contributed by atoms with E-state index < -0.39 is 0 Å². The molecular weight excluding hydrogens is 478 g/mol. The zero-order valence-corrected chi connectivity index (χ0v) is 21.5. The third kappa shape index (κ3) is 4.86. The predicted molar refractivity (Wildman–Crippen MR) is 149 cm³/mol. The molecule has 4 aromatic rings. The molecule has 1 saturated carbocycles. The van der Waals surface area contributed by atoms with Crippen molar-refractivity contribution in [3.8, 4) is 17.2 Å². The summed E-state index contributed by atoms with van der Waals surface area (Å²) < 4.78 is 12.0. The van der Waals surface area contributed by atoms with E-state index >= 15 is 0 Å². The van der Waals surface area contributed by atoms with Crippen molar-refractivity contribution in [1.82, 2.24) is 10.3 Å². The van der Waals surface area contributed by atoms with Crippen LogP contribution in [-0.2, 0) is 6.42 Å². The molecule has 3 aromatic carbocycles. The zero-order chi connectivity index (χ0) is 26.7. The molecule has 5 rings (SSSR count). The van der Waals surface area contributed by atoms with Crippen LogP contribution in [-0.4, -0.2) is 25.0 Å². The number of allylic oxidation sites excluding steroid dienone is 1. The third-order valence-corrected chi connectivity index (χ3v) is 7.39. The highest BCUT2D eigenvalue weighted by Crippen LogP contribution is 2.55. The van der Waals surface area contributed by atoms with E-state index in [4.69, 9.17) is 15.0 Å². The highest BCUT2D eigenvalue weighted by Gasteiger charge is 2.43. The minimum Gasteiger partial charge on any atom is -0.496 e. The number of rotatable bonds is 10. The lowest BCUT2D eigenvalue weighted by atomic mass is 9.94. The molecule has 0 bridgehead atoms. The molecular formula is C30H29N5O3. The number of azide groups is 1. The summed E-state index contributed by atoms with van der Waals surface area (Å²) in [5.41, 5.74) is 11.9. The van der Waals surface area contributed by atoms with E-state index in [2.05, 4.69) is 33.0 Å². The number of ether oxygens (including phenoxy) is 2. The second-order valence-electron chi connectivity index (χ2n) is 9.63. The monoisotopic (exact) mass is 507 g/mol. The smallest absolute Gasteiger partial charge is 0.251 e. The molecule has 0 unspecified atom stereocenters. The van der Waals surface area contributed by atoms with Crippen LogP contribution in [0.5, 0.6) is 17.2 Å². The quantitative estimate of drug-likeness (QED) is 0.136. The Balaban J connectivity index is 1.39. The maximum Gasteiger partial charge on any atom is 0.251 e. The van der Waals surface area contributed by atoms with Crippen LogP contribution in [0.3, 0.4) is 0 Å². The van der Waals surface area contributed by atoms with Crippen LogP contribution in [0.1, 0.15) is 41.6 Å². The van der Waals surface area contributed by atoms with Crippen molar-refractivity contribution in [3.05, 3.63) is 94.6 Å². The highest BCUT2D eigenvalue weighted by molar-refractivity contribution is 6.07. The second kappa shape index (κ2) is 10.4. The molecule has 0 atom stereocenters. The van der Waals surface area contributed by atoms with E-state index in [1.165, 1.54) is 0 Å². The van der Waals surface area contributed by atoms with Crippen LogP contribution in [0.15, 0.2) is 78.2 Å². The van der Waals surface area contributed by atoms with Gasteiger partial charge in [0.2, 0.25) is 0 Å². The van der Waals surface area contributed by atoms with E-state index in [9.17, 15) is 4.79 Å². The number of aromatic nitrogens is 1. The lowest BCUT2D eigenvalue weighted by Crippen LogP contribution is -2.17. The Hall–Kier alpha value is -4.55. The minimum absolute atomic E-state index is 0.0451. The van der Waals surface area contributed by atoms with E-state index in [1.807, 2.05) is 48.5 Å². The molecule has 38 heavy (non-hydrogen) atoms. The molecule has 1 N–H and O–H groups in total. The molecule has 192 valence electrons. The highest BCUT2D eigenvalue weighted by atomic mass is 16.5. The van der Waals surface area contributed by atoms with Gasteiger partial charge in [0, 0.05) is 34.8 Å². The minimum atomic E-state index is -0.125. The molecule has 1 aliphatic carbocycles. The number of hydrogen-bond donors (Lipinski definition) is 1. The van der Waals surface area contributed by atoms with Gasteiger partial charge in [-0.3, -0.25) is 9.78 Å². The lowest BCUT2D eigenvalue weighted by molar-refractivity contribution is 0.0964. The average molecular weight is 508 g/mol. The van der Waals surface area contributed by atoms with Gasteiger partial charge in [0.1, 0.15) is 17.2 Å². The molecule has 1 aliphatic rings. The number of nitrogens with one attached hydrogen (secondary N) is 1. The summed E-state index contributed by atoms with van der Waals surface area (Å²) in [6, 6.07) is 17.2. The third-order valence-electron chi connectivity index (χ3n) is 7.39. The summed E-state index contributed by atoms with van der Waals surface area (Å²) in [5, 5.41) is 9.07. The summed E-state index contributed by atoms with van der Waals surface area (Å²) in [5.74, 6) is 1.99. The predicted octanol–water partition coefficient (Wildman–Crippen LogP) is 7.48. The fraction of sp³-hybridized carbons (Fsp3) is 0.267. The first kappa shape index (κ1) is 25.1. The number of aryl methyl sites for hydroxylation is 1. The average Bonchev–Trinajstić information content (AvgIpc) is 3.73. The molecule has 1 fully saturated rings. The van der Waals surface area contributed by atoms with Gasteiger partial charge in [0.25, 0.3) is 5.91 Å². The fourth-order valence-electron chi connectivity index (χ4n) is 5.06. The maximum absolute atomic E-state index is 12.2. The van der Waals surface area contributed by atoms with Crippen LogP contribution in [0.25, 0.3) is 32.1 Å². The van der Waals surface area contributed by atoms with E-state index in [-0.39, 0.29) is 11.3 Å². The second-order valence-corrected chi connectivity index (χ2v) is 9.63. The van der Waals surface area contributed by atoms with E-state index in [0.29, 0.717) is 22.8 Å². The Morgan fingerprint density at radius 2 is 2.00 bits per heavy atom. The number of benzene rings is 3. The Morgan fingerprint density at radius 3 is 2.74 bits per heavy atom. The van der Waals surface area contributed by atoms with Crippen LogP contribution in [0, 0.1) is 5.41 Å². The molecule has 0 spiro atoms. The van der Waals surface area contributed by atoms with Gasteiger partial charge in [0.15, 0.2) is 0 Å². The molecule has 1 heterocycles. The number of carbonyl (C=O) groups excluding carboxylic acids is 1. The molecule has 8 nitrogen and oxygen atoms in total.